The molecule has 2 heterocycles. The first-order chi connectivity index (χ1) is 14.7. The molecule has 1 saturated heterocycles. The maximum atomic E-state index is 9.47. The lowest BCUT2D eigenvalue weighted by Crippen LogP contribution is -2.39. The van der Waals surface area contributed by atoms with Gasteiger partial charge in [-0.1, -0.05) is 18.2 Å². The van der Waals surface area contributed by atoms with E-state index in [0.717, 1.165) is 57.9 Å². The fourth-order valence-electron chi connectivity index (χ4n) is 3.39. The predicted octanol–water partition coefficient (Wildman–Crippen LogP) is 1.50. The SMILES string of the molecule is I.N#Cc1c(CCCN=C(N)NCCCN2CCOCC2)nn(-c2ccccc2)c1N. The van der Waals surface area contributed by atoms with E-state index < -0.39 is 0 Å². The molecule has 0 atom stereocenters. The first-order valence-corrected chi connectivity index (χ1v) is 10.4. The van der Waals surface area contributed by atoms with Crippen LogP contribution in [0, 0.1) is 11.3 Å². The van der Waals surface area contributed by atoms with Gasteiger partial charge in [0.05, 0.1) is 24.6 Å². The summed E-state index contributed by atoms with van der Waals surface area (Å²) in [7, 11) is 0. The molecular weight excluding hydrogens is 507 g/mol. The Morgan fingerprint density at radius 3 is 2.68 bits per heavy atom. The standard InChI is InChI=1S/C21H30N8O.HI/c22-16-18-19(27-29(20(18)23)17-6-2-1-3-7-17)8-4-9-25-21(24)26-10-5-11-28-12-14-30-15-13-28;/h1-3,6-7H,4-5,8-15,23H2,(H3,24,25,26);1H. The van der Waals surface area contributed by atoms with Crippen LogP contribution in [0.25, 0.3) is 5.69 Å². The van der Waals surface area contributed by atoms with E-state index in [2.05, 4.69) is 26.4 Å². The van der Waals surface area contributed by atoms with Crippen LogP contribution >= 0.6 is 24.0 Å². The number of aliphatic imine (C=N–C) groups is 1. The number of nitrogens with one attached hydrogen (secondary N) is 1. The van der Waals surface area contributed by atoms with Crippen molar-refractivity contribution in [1.82, 2.24) is 20.0 Å². The van der Waals surface area contributed by atoms with E-state index in [9.17, 15) is 5.26 Å². The molecular formula is C21H31IN8O. The van der Waals surface area contributed by atoms with Crippen molar-refractivity contribution in [3.8, 4) is 11.8 Å². The summed E-state index contributed by atoms with van der Waals surface area (Å²) in [6, 6.07) is 11.7. The molecule has 1 aliphatic rings. The smallest absolute Gasteiger partial charge is 0.188 e. The molecule has 9 nitrogen and oxygen atoms in total. The van der Waals surface area contributed by atoms with Gasteiger partial charge in [0.15, 0.2) is 5.96 Å². The summed E-state index contributed by atoms with van der Waals surface area (Å²) in [5.74, 6) is 0.815. The van der Waals surface area contributed by atoms with Crippen LogP contribution in [0.4, 0.5) is 5.82 Å². The number of hydrogen-bond donors (Lipinski definition) is 3. The second-order valence-electron chi connectivity index (χ2n) is 7.17. The number of benzene rings is 1. The normalized spacial score (nSPS) is 14.6. The van der Waals surface area contributed by atoms with E-state index in [1.54, 1.807) is 4.68 Å². The van der Waals surface area contributed by atoms with E-state index >= 15 is 0 Å². The van der Waals surface area contributed by atoms with Crippen LogP contribution < -0.4 is 16.8 Å². The highest BCUT2D eigenvalue weighted by Gasteiger charge is 2.16. The summed E-state index contributed by atoms with van der Waals surface area (Å²) in [6.07, 6.45) is 2.36. The highest BCUT2D eigenvalue weighted by molar-refractivity contribution is 14.0. The topological polar surface area (TPSA) is 131 Å². The molecule has 1 aromatic carbocycles. The molecule has 1 aromatic heterocycles. The summed E-state index contributed by atoms with van der Waals surface area (Å²) < 4.78 is 6.96. The van der Waals surface area contributed by atoms with Crippen molar-refractivity contribution >= 4 is 35.8 Å². The van der Waals surface area contributed by atoms with Gasteiger partial charge in [0.25, 0.3) is 0 Å². The number of hydrogen-bond acceptors (Lipinski definition) is 6. The van der Waals surface area contributed by atoms with Gasteiger partial charge < -0.3 is 21.5 Å². The largest absolute Gasteiger partial charge is 0.382 e. The molecule has 168 valence electrons. The predicted molar refractivity (Wildman–Crippen MR) is 133 cm³/mol. The summed E-state index contributed by atoms with van der Waals surface area (Å²) in [5, 5.41) is 17.2. The molecule has 1 aliphatic heterocycles. The summed E-state index contributed by atoms with van der Waals surface area (Å²) in [5.41, 5.74) is 14.0. The van der Waals surface area contributed by atoms with Gasteiger partial charge in [-0.05, 0) is 37.9 Å². The Morgan fingerprint density at radius 1 is 1.23 bits per heavy atom. The third-order valence-electron chi connectivity index (χ3n) is 5.02. The van der Waals surface area contributed by atoms with E-state index in [1.165, 1.54) is 0 Å². The summed E-state index contributed by atoms with van der Waals surface area (Å²) in [6.45, 7) is 6.03. The van der Waals surface area contributed by atoms with Crippen molar-refractivity contribution < 1.29 is 4.74 Å². The molecule has 1 fully saturated rings. The maximum absolute atomic E-state index is 9.47. The van der Waals surface area contributed by atoms with Crippen molar-refractivity contribution in [3.05, 3.63) is 41.6 Å². The van der Waals surface area contributed by atoms with Gasteiger partial charge in [-0.25, -0.2) is 4.68 Å². The first-order valence-electron chi connectivity index (χ1n) is 10.4. The molecule has 3 rings (SSSR count). The number of para-hydroxylation sites is 1. The molecule has 0 unspecified atom stereocenters. The van der Waals surface area contributed by atoms with Crippen LogP contribution in [-0.4, -0.2) is 66.6 Å². The Bertz CT molecular complexity index is 871. The van der Waals surface area contributed by atoms with Gasteiger partial charge in [-0.15, -0.1) is 24.0 Å². The minimum Gasteiger partial charge on any atom is -0.382 e. The Balaban J connectivity index is 0.00000341. The van der Waals surface area contributed by atoms with Crippen molar-refractivity contribution in [2.75, 3.05) is 51.7 Å². The van der Waals surface area contributed by atoms with Crippen LogP contribution in [0.2, 0.25) is 0 Å². The molecule has 0 saturated carbocycles. The summed E-state index contributed by atoms with van der Waals surface area (Å²) in [4.78, 5) is 6.76. The fraction of sp³-hybridized carbons (Fsp3) is 0.476. The number of nitriles is 1. The number of anilines is 1. The average molecular weight is 538 g/mol. The van der Waals surface area contributed by atoms with Crippen LogP contribution in [-0.2, 0) is 11.2 Å². The number of rotatable bonds is 9. The summed E-state index contributed by atoms with van der Waals surface area (Å²) >= 11 is 0. The van der Waals surface area contributed by atoms with E-state index in [-0.39, 0.29) is 24.0 Å². The Hall–Kier alpha value is -2.36. The lowest BCUT2D eigenvalue weighted by Gasteiger charge is -2.26. The molecule has 5 N–H and O–H groups in total. The van der Waals surface area contributed by atoms with Crippen molar-refractivity contribution in [2.45, 2.75) is 19.3 Å². The van der Waals surface area contributed by atoms with E-state index in [4.69, 9.17) is 16.2 Å². The van der Waals surface area contributed by atoms with Gasteiger partial charge in [0.2, 0.25) is 0 Å². The molecule has 0 radical (unpaired) electrons. The van der Waals surface area contributed by atoms with Gasteiger partial charge in [0, 0.05) is 26.2 Å². The highest BCUT2D eigenvalue weighted by Crippen LogP contribution is 2.21. The van der Waals surface area contributed by atoms with Gasteiger partial charge in [0.1, 0.15) is 17.5 Å². The number of nitrogens with two attached hydrogens (primary N) is 2. The minimum atomic E-state index is 0. The zero-order valence-electron chi connectivity index (χ0n) is 17.7. The van der Waals surface area contributed by atoms with Crippen LogP contribution in [0.15, 0.2) is 35.3 Å². The molecule has 0 bridgehead atoms. The van der Waals surface area contributed by atoms with Crippen molar-refractivity contribution in [2.24, 2.45) is 10.7 Å². The zero-order valence-corrected chi connectivity index (χ0v) is 20.0. The van der Waals surface area contributed by atoms with E-state index in [1.807, 2.05) is 30.3 Å². The second kappa shape index (κ2) is 13.1. The van der Waals surface area contributed by atoms with Gasteiger partial charge in [-0.2, -0.15) is 10.4 Å². The Kier molecular flexibility index (Phi) is 10.6. The molecule has 10 heteroatoms. The number of halogens is 1. The van der Waals surface area contributed by atoms with Crippen LogP contribution in [0.1, 0.15) is 24.1 Å². The monoisotopic (exact) mass is 538 g/mol. The number of ether oxygens (including phenoxy) is 1. The number of aromatic nitrogens is 2. The average Bonchev–Trinajstić information content (AvgIpc) is 3.11. The molecule has 0 spiro atoms. The third-order valence-corrected chi connectivity index (χ3v) is 5.02. The maximum Gasteiger partial charge on any atom is 0.188 e. The first kappa shape index (κ1) is 24.9. The van der Waals surface area contributed by atoms with Crippen molar-refractivity contribution in [1.29, 1.82) is 5.26 Å². The molecule has 0 amide bonds. The number of guanidine groups is 1. The lowest BCUT2D eigenvalue weighted by atomic mass is 10.1. The van der Waals surface area contributed by atoms with Crippen LogP contribution in [0.5, 0.6) is 0 Å². The van der Waals surface area contributed by atoms with E-state index in [0.29, 0.717) is 36.0 Å². The zero-order chi connectivity index (χ0) is 21.2. The highest BCUT2D eigenvalue weighted by atomic mass is 127. The quantitative estimate of drug-likeness (QED) is 0.191. The second-order valence-corrected chi connectivity index (χ2v) is 7.17. The third kappa shape index (κ3) is 7.37. The minimum absolute atomic E-state index is 0. The van der Waals surface area contributed by atoms with Gasteiger partial charge >= 0.3 is 0 Å². The number of aryl methyl sites for hydroxylation is 1. The fourth-order valence-corrected chi connectivity index (χ4v) is 3.39. The number of morpholine rings is 1. The Morgan fingerprint density at radius 2 is 1.97 bits per heavy atom. The van der Waals surface area contributed by atoms with Gasteiger partial charge in [-0.3, -0.25) is 9.89 Å². The molecule has 2 aromatic rings. The number of nitrogens with zero attached hydrogens (tertiary/aromatic N) is 5. The number of nitrogen functional groups attached to an aromatic ring is 1. The molecule has 31 heavy (non-hydrogen) atoms. The lowest BCUT2D eigenvalue weighted by molar-refractivity contribution is 0.0376. The Labute approximate surface area is 200 Å². The van der Waals surface area contributed by atoms with Crippen LogP contribution in [0.3, 0.4) is 0 Å². The molecule has 0 aliphatic carbocycles. The van der Waals surface area contributed by atoms with Crippen molar-refractivity contribution in [3.63, 3.8) is 0 Å².